The minimum atomic E-state index is -0.540. The van der Waals surface area contributed by atoms with Crippen molar-refractivity contribution in [1.82, 2.24) is 10.3 Å². The van der Waals surface area contributed by atoms with Gasteiger partial charge < -0.3 is 11.1 Å². The van der Waals surface area contributed by atoms with Crippen molar-refractivity contribution in [1.29, 1.82) is 0 Å². The van der Waals surface area contributed by atoms with Crippen LogP contribution in [-0.2, 0) is 4.79 Å². The molecule has 0 aliphatic heterocycles. The van der Waals surface area contributed by atoms with Gasteiger partial charge in [-0.3, -0.25) is 4.79 Å². The Morgan fingerprint density at radius 2 is 2.43 bits per heavy atom. The van der Waals surface area contributed by atoms with Gasteiger partial charge in [-0.1, -0.05) is 6.92 Å². The van der Waals surface area contributed by atoms with Gasteiger partial charge in [0.25, 0.3) is 0 Å². The molecule has 0 radical (unpaired) electrons. The van der Waals surface area contributed by atoms with Gasteiger partial charge in [0, 0.05) is 15.9 Å². The normalized spacial score (nSPS) is 25.7. The number of thioether (sulfide) groups is 1. The highest BCUT2D eigenvalue weighted by molar-refractivity contribution is 9.10. The fourth-order valence-corrected chi connectivity index (χ4v) is 4.25. The van der Waals surface area contributed by atoms with Crippen LogP contribution in [0.1, 0.15) is 39.0 Å². The van der Waals surface area contributed by atoms with Gasteiger partial charge in [0.15, 0.2) is 0 Å². The summed E-state index contributed by atoms with van der Waals surface area (Å²) < 4.78 is 0.978. The van der Waals surface area contributed by atoms with E-state index in [0.29, 0.717) is 5.25 Å². The van der Waals surface area contributed by atoms with Gasteiger partial charge in [-0.25, -0.2) is 4.98 Å². The van der Waals surface area contributed by atoms with Crippen molar-refractivity contribution in [3.63, 3.8) is 0 Å². The number of nitrogens with zero attached hydrogens (tertiary/aromatic N) is 1. The monoisotopic (exact) mass is 371 g/mol. The van der Waals surface area contributed by atoms with Gasteiger partial charge >= 0.3 is 0 Å². The van der Waals surface area contributed by atoms with Gasteiger partial charge in [0.1, 0.15) is 0 Å². The van der Waals surface area contributed by atoms with E-state index in [1.807, 2.05) is 18.3 Å². The van der Waals surface area contributed by atoms with Crippen LogP contribution in [0.25, 0.3) is 0 Å². The largest absolute Gasteiger partial charge is 0.368 e. The summed E-state index contributed by atoms with van der Waals surface area (Å²) >= 11 is 5.14. The predicted octanol–water partition coefficient (Wildman–Crippen LogP) is 3.10. The Hall–Kier alpha value is -0.590. The van der Waals surface area contributed by atoms with Gasteiger partial charge in [-0.15, -0.1) is 11.8 Å². The summed E-state index contributed by atoms with van der Waals surface area (Å²) in [5.41, 5.74) is 5.15. The van der Waals surface area contributed by atoms with Crippen molar-refractivity contribution < 1.29 is 4.79 Å². The van der Waals surface area contributed by atoms with Crippen molar-refractivity contribution in [3.05, 3.63) is 22.8 Å². The first-order chi connectivity index (χ1) is 10.1. The van der Waals surface area contributed by atoms with Gasteiger partial charge in [-0.05, 0) is 66.7 Å². The molecule has 2 atom stereocenters. The predicted molar refractivity (Wildman–Crippen MR) is 90.3 cm³/mol. The number of nitrogens with two attached hydrogens (primary N) is 1. The number of carbonyl (C=O) groups excluding carboxylic acids is 1. The maximum atomic E-state index is 12.0. The number of halogens is 1. The van der Waals surface area contributed by atoms with Crippen LogP contribution in [0.15, 0.2) is 27.8 Å². The molecule has 0 saturated heterocycles. The van der Waals surface area contributed by atoms with E-state index in [1.54, 1.807) is 11.8 Å². The number of hydrogen-bond donors (Lipinski definition) is 2. The second-order valence-electron chi connectivity index (χ2n) is 5.52. The molecule has 0 aromatic carbocycles. The number of hydrogen-bond acceptors (Lipinski definition) is 4. The van der Waals surface area contributed by atoms with E-state index in [0.717, 1.165) is 48.1 Å². The van der Waals surface area contributed by atoms with E-state index in [2.05, 4.69) is 33.2 Å². The molecule has 1 aromatic heterocycles. The van der Waals surface area contributed by atoms with E-state index in [1.165, 1.54) is 0 Å². The van der Waals surface area contributed by atoms with Crippen LogP contribution in [0.2, 0.25) is 0 Å². The number of pyridine rings is 1. The smallest absolute Gasteiger partial charge is 0.237 e. The lowest BCUT2D eigenvalue weighted by molar-refractivity contribution is -0.125. The highest BCUT2D eigenvalue weighted by Crippen LogP contribution is 2.37. The first kappa shape index (κ1) is 16.8. The molecular weight excluding hydrogens is 350 g/mol. The molecule has 1 saturated carbocycles. The molecule has 3 N–H and O–H groups in total. The average Bonchev–Trinajstić information content (AvgIpc) is 2.48. The third-order valence-corrected chi connectivity index (χ3v) is 5.57. The van der Waals surface area contributed by atoms with Crippen molar-refractivity contribution in [2.75, 3.05) is 6.54 Å². The molecule has 1 fully saturated rings. The lowest BCUT2D eigenvalue weighted by Gasteiger charge is -2.39. The topological polar surface area (TPSA) is 68.0 Å². The Labute approximate surface area is 138 Å². The second kappa shape index (κ2) is 7.61. The molecule has 0 bridgehead atoms. The van der Waals surface area contributed by atoms with Crippen LogP contribution in [-0.4, -0.2) is 28.2 Å². The number of primary amides is 1. The number of nitrogens with one attached hydrogen (secondary N) is 1. The fourth-order valence-electron chi connectivity index (χ4n) is 2.76. The lowest BCUT2D eigenvalue weighted by atomic mass is 9.80. The number of aromatic nitrogens is 1. The molecular formula is C15H22BrN3OS. The van der Waals surface area contributed by atoms with Crippen LogP contribution in [0, 0.1) is 0 Å². The van der Waals surface area contributed by atoms with Gasteiger partial charge in [-0.2, -0.15) is 0 Å². The molecule has 1 amide bonds. The fraction of sp³-hybridized carbons (Fsp3) is 0.600. The molecule has 116 valence electrons. The van der Waals surface area contributed by atoms with Crippen molar-refractivity contribution in [2.24, 2.45) is 5.73 Å². The van der Waals surface area contributed by atoms with E-state index in [4.69, 9.17) is 5.73 Å². The van der Waals surface area contributed by atoms with E-state index < -0.39 is 5.54 Å². The Morgan fingerprint density at radius 1 is 1.62 bits per heavy atom. The zero-order valence-corrected chi connectivity index (χ0v) is 14.7. The van der Waals surface area contributed by atoms with Gasteiger partial charge in [0.2, 0.25) is 5.91 Å². The molecule has 1 aliphatic carbocycles. The number of rotatable bonds is 6. The highest BCUT2D eigenvalue weighted by Gasteiger charge is 2.41. The summed E-state index contributed by atoms with van der Waals surface area (Å²) in [6, 6.07) is 4.00. The molecule has 6 heteroatoms. The summed E-state index contributed by atoms with van der Waals surface area (Å²) in [6.45, 7) is 2.93. The van der Waals surface area contributed by atoms with Crippen molar-refractivity contribution >= 4 is 33.6 Å². The van der Waals surface area contributed by atoms with Gasteiger partial charge in [0.05, 0.1) is 10.6 Å². The standard InChI is InChI=1S/C15H22BrN3OS/c1-2-8-19-15(14(17)20)7-3-4-12(9-15)21-13-6-5-11(16)10-18-13/h5-6,10,12,19H,2-4,7-9H2,1H3,(H2,17,20). The summed E-state index contributed by atoms with van der Waals surface area (Å²) in [5.74, 6) is -0.218. The van der Waals surface area contributed by atoms with E-state index in [-0.39, 0.29) is 5.91 Å². The Bertz CT molecular complexity index is 482. The molecule has 4 nitrogen and oxygen atoms in total. The lowest BCUT2D eigenvalue weighted by Crippen LogP contribution is -2.58. The minimum absolute atomic E-state index is 0.218. The summed E-state index contributed by atoms with van der Waals surface area (Å²) in [7, 11) is 0. The Morgan fingerprint density at radius 3 is 3.05 bits per heavy atom. The third kappa shape index (κ3) is 4.44. The van der Waals surface area contributed by atoms with Crippen molar-refractivity contribution in [2.45, 2.75) is 54.8 Å². The van der Waals surface area contributed by atoms with Crippen LogP contribution >= 0.6 is 27.7 Å². The number of carbonyl (C=O) groups is 1. The van der Waals surface area contributed by atoms with E-state index >= 15 is 0 Å². The summed E-state index contributed by atoms with van der Waals surface area (Å²) in [5, 5.41) is 4.77. The van der Waals surface area contributed by atoms with E-state index in [9.17, 15) is 4.79 Å². The molecule has 2 rings (SSSR count). The number of amides is 1. The second-order valence-corrected chi connectivity index (χ2v) is 7.76. The molecule has 2 unspecified atom stereocenters. The molecule has 1 heterocycles. The first-order valence-electron chi connectivity index (χ1n) is 7.39. The average molecular weight is 372 g/mol. The zero-order valence-electron chi connectivity index (χ0n) is 12.3. The van der Waals surface area contributed by atoms with Crippen LogP contribution in [0.5, 0.6) is 0 Å². The highest BCUT2D eigenvalue weighted by atomic mass is 79.9. The molecule has 0 spiro atoms. The van der Waals surface area contributed by atoms with Crippen LogP contribution < -0.4 is 11.1 Å². The van der Waals surface area contributed by atoms with Crippen molar-refractivity contribution in [3.8, 4) is 0 Å². The first-order valence-corrected chi connectivity index (χ1v) is 9.06. The van der Waals surface area contributed by atoms with Crippen LogP contribution in [0.4, 0.5) is 0 Å². The molecule has 1 aliphatic rings. The zero-order chi connectivity index (χ0) is 15.3. The SMILES string of the molecule is CCCNC1(C(N)=O)CCCC(Sc2ccc(Br)cn2)C1. The third-order valence-electron chi connectivity index (χ3n) is 3.88. The maximum Gasteiger partial charge on any atom is 0.237 e. The molecule has 21 heavy (non-hydrogen) atoms. The molecule has 1 aromatic rings. The maximum absolute atomic E-state index is 12.0. The summed E-state index contributed by atoms with van der Waals surface area (Å²) in [4.78, 5) is 16.4. The minimum Gasteiger partial charge on any atom is -0.368 e. The Kier molecular flexibility index (Phi) is 6.08. The quantitative estimate of drug-likeness (QED) is 0.805. The van der Waals surface area contributed by atoms with Crippen LogP contribution in [0.3, 0.4) is 0 Å². The summed E-state index contributed by atoms with van der Waals surface area (Å²) in [6.07, 6.45) is 6.56. The Balaban J connectivity index is 2.04.